The first-order chi connectivity index (χ1) is 6.24. The van der Waals surface area contributed by atoms with Crippen LogP contribution < -0.4 is 5.32 Å². The first kappa shape index (κ1) is 23.1. The average Bonchev–Trinajstić information content (AvgIpc) is 2.12. The largest absolute Gasteiger partial charge is 0.317 e. The van der Waals surface area contributed by atoms with Crippen LogP contribution in [0.3, 0.4) is 0 Å². The first-order valence-corrected chi connectivity index (χ1v) is 5.95. The van der Waals surface area contributed by atoms with Crippen molar-refractivity contribution in [3.05, 3.63) is 0 Å². The lowest BCUT2D eigenvalue weighted by molar-refractivity contribution is 0.762. The van der Waals surface area contributed by atoms with Crippen molar-refractivity contribution in [1.82, 2.24) is 5.32 Å². The van der Waals surface area contributed by atoms with Crippen molar-refractivity contribution >= 4 is 0 Å². The van der Waals surface area contributed by atoms with Crippen LogP contribution in [0.1, 0.15) is 68.2 Å². The highest BCUT2D eigenvalue weighted by Gasteiger charge is 1.62. The monoisotopic (exact) mass is 191 g/mol. The lowest BCUT2D eigenvalue weighted by Gasteiger charge is -1.86. The molecular formula is C12H33N. The van der Waals surface area contributed by atoms with E-state index in [1.807, 2.05) is 13.8 Å². The molecule has 0 saturated carbocycles. The molecule has 0 saturated heterocycles. The van der Waals surface area contributed by atoms with Crippen LogP contribution >= 0.6 is 0 Å². The Bertz CT molecular complexity index is 24.3. The van der Waals surface area contributed by atoms with Gasteiger partial charge in [-0.05, 0) is 13.1 Å². The fourth-order valence-corrected chi connectivity index (χ4v) is 0.250. The minimum absolute atomic E-state index is 1.09. The summed E-state index contributed by atoms with van der Waals surface area (Å²) in [5, 5.41) is 3.11. The van der Waals surface area contributed by atoms with Gasteiger partial charge in [0.25, 0.3) is 0 Å². The van der Waals surface area contributed by atoms with Gasteiger partial charge in [0, 0.05) is 0 Å². The van der Waals surface area contributed by atoms with Crippen molar-refractivity contribution in [1.29, 1.82) is 0 Å². The summed E-state index contributed by atoms with van der Waals surface area (Å²) in [5.41, 5.74) is 0. The van der Waals surface area contributed by atoms with E-state index < -0.39 is 0 Å². The van der Waals surface area contributed by atoms with E-state index in [2.05, 4.69) is 46.9 Å². The van der Waals surface area contributed by atoms with E-state index in [0.29, 0.717) is 0 Å². The molecule has 0 aliphatic carbocycles. The summed E-state index contributed by atoms with van der Waals surface area (Å²) in [7, 11) is 0. The van der Waals surface area contributed by atoms with Crippen LogP contribution in [0, 0.1) is 0 Å². The van der Waals surface area contributed by atoms with Gasteiger partial charge in [-0.25, -0.2) is 0 Å². The van der Waals surface area contributed by atoms with Gasteiger partial charge < -0.3 is 5.32 Å². The molecule has 86 valence electrons. The Hall–Kier alpha value is -0.0400. The number of hydrogen-bond acceptors (Lipinski definition) is 1. The number of hydrogen-bond donors (Lipinski definition) is 1. The van der Waals surface area contributed by atoms with Crippen LogP contribution in [0.15, 0.2) is 0 Å². The molecule has 0 spiro atoms. The van der Waals surface area contributed by atoms with Crippen molar-refractivity contribution in [2.75, 3.05) is 13.1 Å². The van der Waals surface area contributed by atoms with Crippen LogP contribution in [0.4, 0.5) is 0 Å². The summed E-state index contributed by atoms with van der Waals surface area (Å²) in [6.45, 7) is 18.9. The second-order valence-electron chi connectivity index (χ2n) is 2.37. The Kier molecular flexibility index (Phi) is 104. The molecule has 0 aliphatic rings. The Labute approximate surface area is 87.3 Å². The van der Waals surface area contributed by atoms with Crippen LogP contribution in [0.2, 0.25) is 0 Å². The maximum absolute atomic E-state index is 3.11. The normalized spacial score (nSPS) is 6.46. The van der Waals surface area contributed by atoms with Crippen molar-refractivity contribution in [2.45, 2.75) is 68.2 Å². The summed E-state index contributed by atoms with van der Waals surface area (Å²) >= 11 is 0. The molecule has 0 unspecified atom stereocenters. The third-order valence-corrected chi connectivity index (χ3v) is 0.500. The Morgan fingerprint density at radius 1 is 0.615 bits per heavy atom. The highest BCUT2D eigenvalue weighted by molar-refractivity contribution is 4.27. The van der Waals surface area contributed by atoms with Gasteiger partial charge in [0.05, 0.1) is 0 Å². The minimum atomic E-state index is 1.09. The van der Waals surface area contributed by atoms with Crippen molar-refractivity contribution in [2.24, 2.45) is 0 Å². The SMILES string of the molecule is CC.CCC.CCC.CCNCC. The lowest BCUT2D eigenvalue weighted by Crippen LogP contribution is -2.09. The predicted octanol–water partition coefficient (Wildman–Crippen LogP) is 4.47. The molecule has 0 heterocycles. The van der Waals surface area contributed by atoms with E-state index in [-0.39, 0.29) is 0 Å². The molecule has 0 aromatic heterocycles. The van der Waals surface area contributed by atoms with E-state index in [1.165, 1.54) is 12.8 Å². The molecule has 0 atom stereocenters. The minimum Gasteiger partial charge on any atom is -0.317 e. The summed E-state index contributed by atoms with van der Waals surface area (Å²) in [6.07, 6.45) is 2.50. The molecule has 0 aromatic carbocycles. The summed E-state index contributed by atoms with van der Waals surface area (Å²) in [5.74, 6) is 0. The summed E-state index contributed by atoms with van der Waals surface area (Å²) in [4.78, 5) is 0. The molecule has 1 N–H and O–H groups in total. The lowest BCUT2D eigenvalue weighted by atomic mass is 10.6. The van der Waals surface area contributed by atoms with Gasteiger partial charge in [-0.2, -0.15) is 0 Å². The van der Waals surface area contributed by atoms with Gasteiger partial charge in [0.2, 0.25) is 0 Å². The molecule has 1 nitrogen and oxygen atoms in total. The second kappa shape index (κ2) is 58.4. The van der Waals surface area contributed by atoms with Gasteiger partial charge in [0.1, 0.15) is 0 Å². The smallest absolute Gasteiger partial charge is 0.00775 e. The molecule has 13 heavy (non-hydrogen) atoms. The molecule has 0 bridgehead atoms. The van der Waals surface area contributed by atoms with E-state index >= 15 is 0 Å². The molecule has 0 radical (unpaired) electrons. The summed E-state index contributed by atoms with van der Waals surface area (Å²) < 4.78 is 0. The van der Waals surface area contributed by atoms with Crippen LogP contribution in [-0.2, 0) is 0 Å². The zero-order chi connectivity index (χ0) is 11.5. The van der Waals surface area contributed by atoms with Crippen molar-refractivity contribution in [3.63, 3.8) is 0 Å². The third kappa shape index (κ3) is 309. The van der Waals surface area contributed by atoms with Gasteiger partial charge in [-0.3, -0.25) is 0 Å². The second-order valence-corrected chi connectivity index (χ2v) is 2.37. The molecule has 0 amide bonds. The van der Waals surface area contributed by atoms with Crippen LogP contribution in [0.5, 0.6) is 0 Å². The summed E-state index contributed by atoms with van der Waals surface area (Å²) in [6, 6.07) is 0. The Morgan fingerprint density at radius 3 is 0.769 bits per heavy atom. The zero-order valence-corrected chi connectivity index (χ0v) is 11.3. The van der Waals surface area contributed by atoms with Gasteiger partial charge >= 0.3 is 0 Å². The first-order valence-electron chi connectivity index (χ1n) is 5.95. The van der Waals surface area contributed by atoms with Gasteiger partial charge in [-0.15, -0.1) is 0 Å². The van der Waals surface area contributed by atoms with E-state index in [4.69, 9.17) is 0 Å². The predicted molar refractivity (Wildman–Crippen MR) is 67.5 cm³/mol. The molecule has 0 fully saturated rings. The quantitative estimate of drug-likeness (QED) is 0.679. The Morgan fingerprint density at radius 2 is 0.769 bits per heavy atom. The van der Waals surface area contributed by atoms with E-state index in [0.717, 1.165) is 13.1 Å². The van der Waals surface area contributed by atoms with Crippen molar-refractivity contribution < 1.29 is 0 Å². The molecule has 1 heteroatoms. The molecule has 0 aliphatic heterocycles. The van der Waals surface area contributed by atoms with Gasteiger partial charge in [-0.1, -0.05) is 68.2 Å². The zero-order valence-electron chi connectivity index (χ0n) is 11.3. The van der Waals surface area contributed by atoms with Gasteiger partial charge in [0.15, 0.2) is 0 Å². The molecule has 0 rings (SSSR count). The standard InChI is InChI=1S/C4H11N.2C3H8.C2H6/c1-3-5-4-2;2*1-3-2;1-2/h5H,3-4H2,1-2H3;2*3H2,1-2H3;1-2H3. The highest BCUT2D eigenvalue weighted by Crippen LogP contribution is 1.56. The third-order valence-electron chi connectivity index (χ3n) is 0.500. The van der Waals surface area contributed by atoms with Crippen molar-refractivity contribution in [3.8, 4) is 0 Å². The fourth-order valence-electron chi connectivity index (χ4n) is 0.250. The fraction of sp³-hybridized carbons (Fsp3) is 1.00. The Balaban J connectivity index is -0.0000000446. The van der Waals surface area contributed by atoms with Crippen LogP contribution in [0.25, 0.3) is 0 Å². The van der Waals surface area contributed by atoms with E-state index in [1.54, 1.807) is 0 Å². The maximum Gasteiger partial charge on any atom is -0.00775 e. The molecule has 0 aromatic rings. The topological polar surface area (TPSA) is 12.0 Å². The average molecular weight is 191 g/mol. The van der Waals surface area contributed by atoms with Crippen LogP contribution in [-0.4, -0.2) is 13.1 Å². The number of nitrogens with one attached hydrogen (secondary N) is 1. The molecular weight excluding hydrogens is 158 g/mol. The maximum atomic E-state index is 3.11. The highest BCUT2D eigenvalue weighted by atomic mass is 14.8. The number of rotatable bonds is 2. The van der Waals surface area contributed by atoms with E-state index in [9.17, 15) is 0 Å².